The molecule has 0 saturated carbocycles. The van der Waals surface area contributed by atoms with Gasteiger partial charge in [-0.2, -0.15) is 0 Å². The van der Waals surface area contributed by atoms with Crippen molar-refractivity contribution in [1.82, 2.24) is 0 Å². The molecule has 0 bridgehead atoms. The molecular weight excluding hydrogens is 180 g/mol. The Morgan fingerprint density at radius 2 is 1.79 bits per heavy atom. The molecule has 0 saturated heterocycles. The Morgan fingerprint density at radius 1 is 1.29 bits per heavy atom. The van der Waals surface area contributed by atoms with Crippen LogP contribution in [0.3, 0.4) is 0 Å². The van der Waals surface area contributed by atoms with E-state index in [9.17, 15) is 9.90 Å². The SMILES string of the molecule is O=C(O)C(O)C1Cc2ccccc2C1. The first-order valence-corrected chi connectivity index (χ1v) is 4.66. The van der Waals surface area contributed by atoms with Crippen molar-refractivity contribution in [3.63, 3.8) is 0 Å². The second-order valence-electron chi connectivity index (χ2n) is 3.72. The molecule has 0 spiro atoms. The topological polar surface area (TPSA) is 57.5 Å². The highest BCUT2D eigenvalue weighted by atomic mass is 16.4. The summed E-state index contributed by atoms with van der Waals surface area (Å²) >= 11 is 0. The summed E-state index contributed by atoms with van der Waals surface area (Å²) in [4.78, 5) is 10.6. The maximum absolute atomic E-state index is 10.6. The van der Waals surface area contributed by atoms with Gasteiger partial charge in [-0.05, 0) is 24.0 Å². The molecule has 14 heavy (non-hydrogen) atoms. The highest BCUT2D eigenvalue weighted by molar-refractivity contribution is 5.72. The highest BCUT2D eigenvalue weighted by Crippen LogP contribution is 2.28. The van der Waals surface area contributed by atoms with E-state index in [4.69, 9.17) is 5.11 Å². The zero-order valence-corrected chi connectivity index (χ0v) is 7.68. The van der Waals surface area contributed by atoms with Crippen LogP contribution in [-0.2, 0) is 17.6 Å². The van der Waals surface area contributed by atoms with E-state index in [-0.39, 0.29) is 5.92 Å². The van der Waals surface area contributed by atoms with Gasteiger partial charge >= 0.3 is 5.97 Å². The largest absolute Gasteiger partial charge is 0.479 e. The first kappa shape index (κ1) is 9.21. The molecule has 74 valence electrons. The molecular formula is C11H12O3. The first-order valence-electron chi connectivity index (χ1n) is 4.66. The molecule has 0 amide bonds. The number of carboxylic acid groups (broad SMARTS) is 1. The molecule has 0 heterocycles. The lowest BCUT2D eigenvalue weighted by Gasteiger charge is -2.12. The molecule has 2 rings (SSSR count). The lowest BCUT2D eigenvalue weighted by molar-refractivity contribution is -0.149. The number of carboxylic acids is 1. The van der Waals surface area contributed by atoms with Crippen molar-refractivity contribution >= 4 is 5.97 Å². The Morgan fingerprint density at radius 3 is 2.21 bits per heavy atom. The van der Waals surface area contributed by atoms with Crippen molar-refractivity contribution in [1.29, 1.82) is 0 Å². The van der Waals surface area contributed by atoms with Crippen LogP contribution in [0.15, 0.2) is 24.3 Å². The van der Waals surface area contributed by atoms with Crippen LogP contribution >= 0.6 is 0 Å². The number of aliphatic hydroxyl groups is 1. The van der Waals surface area contributed by atoms with E-state index in [2.05, 4.69) is 0 Å². The van der Waals surface area contributed by atoms with Gasteiger partial charge in [-0.1, -0.05) is 24.3 Å². The fourth-order valence-electron chi connectivity index (χ4n) is 2.02. The smallest absolute Gasteiger partial charge is 0.332 e. The predicted molar refractivity (Wildman–Crippen MR) is 51.0 cm³/mol. The van der Waals surface area contributed by atoms with Gasteiger partial charge in [0, 0.05) is 5.92 Å². The van der Waals surface area contributed by atoms with E-state index >= 15 is 0 Å². The summed E-state index contributed by atoms with van der Waals surface area (Å²) in [6, 6.07) is 7.86. The summed E-state index contributed by atoms with van der Waals surface area (Å²) in [5.74, 6) is -1.28. The molecule has 1 aliphatic rings. The van der Waals surface area contributed by atoms with Crippen molar-refractivity contribution in [2.45, 2.75) is 18.9 Å². The van der Waals surface area contributed by atoms with Gasteiger partial charge in [-0.25, -0.2) is 4.79 Å². The summed E-state index contributed by atoms with van der Waals surface area (Å²) in [5, 5.41) is 18.1. The quantitative estimate of drug-likeness (QED) is 0.730. The normalized spacial score (nSPS) is 17.8. The summed E-state index contributed by atoms with van der Waals surface area (Å²) < 4.78 is 0. The molecule has 0 radical (unpaired) electrons. The third-order valence-corrected chi connectivity index (χ3v) is 2.78. The van der Waals surface area contributed by atoms with Crippen LogP contribution in [-0.4, -0.2) is 22.3 Å². The molecule has 0 aromatic heterocycles. The molecule has 2 N–H and O–H groups in total. The van der Waals surface area contributed by atoms with E-state index < -0.39 is 12.1 Å². The number of hydrogen-bond donors (Lipinski definition) is 2. The molecule has 1 unspecified atom stereocenters. The van der Waals surface area contributed by atoms with Crippen molar-refractivity contribution in [2.75, 3.05) is 0 Å². The second-order valence-corrected chi connectivity index (χ2v) is 3.72. The van der Waals surface area contributed by atoms with Crippen LogP contribution in [0.25, 0.3) is 0 Å². The average molecular weight is 192 g/mol. The summed E-state index contributed by atoms with van der Waals surface area (Å²) in [6.45, 7) is 0. The van der Waals surface area contributed by atoms with Gasteiger partial charge in [-0.15, -0.1) is 0 Å². The van der Waals surface area contributed by atoms with Crippen molar-refractivity contribution in [3.8, 4) is 0 Å². The molecule has 1 aromatic rings. The number of hydrogen-bond acceptors (Lipinski definition) is 2. The number of fused-ring (bicyclic) bond motifs is 1. The summed E-state index contributed by atoms with van der Waals surface area (Å²) in [7, 11) is 0. The van der Waals surface area contributed by atoms with Crippen molar-refractivity contribution < 1.29 is 15.0 Å². The number of carbonyl (C=O) groups is 1. The zero-order chi connectivity index (χ0) is 10.1. The van der Waals surface area contributed by atoms with Crippen molar-refractivity contribution in [3.05, 3.63) is 35.4 Å². The number of benzene rings is 1. The second kappa shape index (κ2) is 3.42. The summed E-state index contributed by atoms with van der Waals surface area (Å²) in [6.07, 6.45) is 0.107. The van der Waals surface area contributed by atoms with Crippen LogP contribution in [0, 0.1) is 5.92 Å². The monoisotopic (exact) mass is 192 g/mol. The van der Waals surface area contributed by atoms with Crippen LogP contribution in [0.4, 0.5) is 0 Å². The Balaban J connectivity index is 2.15. The molecule has 3 heteroatoms. The predicted octanol–water partition coefficient (Wildman–Crippen LogP) is 0.847. The molecule has 0 fully saturated rings. The fraction of sp³-hybridized carbons (Fsp3) is 0.364. The van der Waals surface area contributed by atoms with Gasteiger partial charge in [0.2, 0.25) is 0 Å². The highest BCUT2D eigenvalue weighted by Gasteiger charge is 2.31. The van der Waals surface area contributed by atoms with Gasteiger partial charge in [0.05, 0.1) is 0 Å². The maximum Gasteiger partial charge on any atom is 0.332 e. The van der Waals surface area contributed by atoms with E-state index in [1.807, 2.05) is 24.3 Å². The van der Waals surface area contributed by atoms with Gasteiger partial charge in [0.1, 0.15) is 0 Å². The van der Waals surface area contributed by atoms with Crippen LogP contribution in [0.2, 0.25) is 0 Å². The third kappa shape index (κ3) is 1.51. The number of rotatable bonds is 2. The third-order valence-electron chi connectivity index (χ3n) is 2.78. The van der Waals surface area contributed by atoms with E-state index in [1.165, 1.54) is 0 Å². The molecule has 0 aliphatic heterocycles. The zero-order valence-electron chi connectivity index (χ0n) is 7.68. The summed E-state index contributed by atoms with van der Waals surface area (Å²) in [5.41, 5.74) is 2.33. The van der Waals surface area contributed by atoms with Gasteiger partial charge in [-0.3, -0.25) is 0 Å². The minimum atomic E-state index is -1.23. The minimum absolute atomic E-state index is 0.162. The van der Waals surface area contributed by atoms with E-state index in [0.29, 0.717) is 12.8 Å². The molecule has 1 atom stereocenters. The lowest BCUT2D eigenvalue weighted by atomic mass is 9.99. The fourth-order valence-corrected chi connectivity index (χ4v) is 2.02. The van der Waals surface area contributed by atoms with Crippen molar-refractivity contribution in [2.24, 2.45) is 5.92 Å². The molecule has 1 aliphatic carbocycles. The van der Waals surface area contributed by atoms with Crippen LogP contribution in [0.1, 0.15) is 11.1 Å². The van der Waals surface area contributed by atoms with Gasteiger partial charge < -0.3 is 10.2 Å². The minimum Gasteiger partial charge on any atom is -0.479 e. The lowest BCUT2D eigenvalue weighted by Crippen LogP contribution is -2.29. The molecule has 3 nitrogen and oxygen atoms in total. The van der Waals surface area contributed by atoms with E-state index in [0.717, 1.165) is 11.1 Å². The number of aliphatic carboxylic acids is 1. The van der Waals surface area contributed by atoms with Gasteiger partial charge in [0.25, 0.3) is 0 Å². The number of aliphatic hydroxyl groups excluding tert-OH is 1. The van der Waals surface area contributed by atoms with E-state index in [1.54, 1.807) is 0 Å². The standard InChI is InChI=1S/C11H12O3/c12-10(11(13)14)9-5-7-3-1-2-4-8(7)6-9/h1-4,9-10,12H,5-6H2,(H,13,14). The average Bonchev–Trinajstić information content (AvgIpc) is 2.59. The Labute approximate surface area is 82.0 Å². The van der Waals surface area contributed by atoms with Gasteiger partial charge in [0.15, 0.2) is 6.10 Å². The Hall–Kier alpha value is -1.35. The maximum atomic E-state index is 10.6. The van der Waals surface area contributed by atoms with Crippen LogP contribution < -0.4 is 0 Å². The van der Waals surface area contributed by atoms with Crippen LogP contribution in [0.5, 0.6) is 0 Å². The Kier molecular flexibility index (Phi) is 2.25. The molecule has 1 aromatic carbocycles. The Bertz CT molecular complexity index is 334. The first-order chi connectivity index (χ1) is 6.68.